The molecule has 0 spiro atoms. The van der Waals surface area contributed by atoms with E-state index in [2.05, 4.69) is 13.8 Å². The number of rotatable bonds is 3. The van der Waals surface area contributed by atoms with Gasteiger partial charge in [-0.25, -0.2) is 4.79 Å². The quantitative estimate of drug-likeness (QED) is 0.827. The Hall–Kier alpha value is -1.58. The van der Waals surface area contributed by atoms with Gasteiger partial charge in [-0.15, -0.1) is 0 Å². The maximum atomic E-state index is 12.0. The molecule has 2 heterocycles. The van der Waals surface area contributed by atoms with E-state index in [9.17, 15) is 9.59 Å². The van der Waals surface area contributed by atoms with Crippen molar-refractivity contribution in [3.05, 3.63) is 27.8 Å². The van der Waals surface area contributed by atoms with Crippen molar-refractivity contribution < 1.29 is 13.9 Å². The third kappa shape index (κ3) is 2.33. The van der Waals surface area contributed by atoms with Gasteiger partial charge in [0.1, 0.15) is 23.2 Å². The fourth-order valence-corrected chi connectivity index (χ4v) is 2.38. The van der Waals surface area contributed by atoms with Crippen LogP contribution in [-0.4, -0.2) is 11.9 Å². The Morgan fingerprint density at radius 1 is 1.44 bits per heavy atom. The molecule has 98 valence electrons. The lowest BCUT2D eigenvalue weighted by atomic mass is 9.91. The van der Waals surface area contributed by atoms with Crippen LogP contribution in [0.2, 0.25) is 0 Å². The van der Waals surface area contributed by atoms with Crippen molar-refractivity contribution in [1.29, 1.82) is 0 Å². The van der Waals surface area contributed by atoms with Crippen LogP contribution < -0.4 is 10.4 Å². The summed E-state index contributed by atoms with van der Waals surface area (Å²) < 4.78 is 10.7. The first-order valence-electron chi connectivity index (χ1n) is 6.37. The molecule has 4 heteroatoms. The Bertz CT molecular complexity index is 515. The first-order valence-corrected chi connectivity index (χ1v) is 6.37. The number of Topliss-reactive ketones (excluding diaryl/α,β-unsaturated/α-hetero) is 1. The number of carbonyl (C=O) groups is 1. The third-order valence-electron chi connectivity index (χ3n) is 3.36. The van der Waals surface area contributed by atoms with Crippen LogP contribution in [0.25, 0.3) is 0 Å². The van der Waals surface area contributed by atoms with Gasteiger partial charge in [0.25, 0.3) is 0 Å². The van der Waals surface area contributed by atoms with Crippen molar-refractivity contribution in [2.75, 3.05) is 0 Å². The normalized spacial score (nSPS) is 20.2. The van der Waals surface area contributed by atoms with Crippen LogP contribution in [0.5, 0.6) is 5.75 Å². The number of hydrogen-bond acceptors (Lipinski definition) is 4. The fraction of sp³-hybridized carbons (Fsp3) is 0.571. The standard InChI is InChI=1S/C14H18O4/c1-4-5-8(2)11-7-10(15)13-12(18-11)6-9(3)17-14(13)16/h6,8,11H,4-5,7H2,1-3H3. The van der Waals surface area contributed by atoms with Crippen LogP contribution >= 0.6 is 0 Å². The minimum Gasteiger partial charge on any atom is -0.489 e. The molecule has 18 heavy (non-hydrogen) atoms. The Labute approximate surface area is 106 Å². The highest BCUT2D eigenvalue weighted by Gasteiger charge is 2.32. The van der Waals surface area contributed by atoms with Gasteiger partial charge in [0.2, 0.25) is 0 Å². The van der Waals surface area contributed by atoms with Crippen molar-refractivity contribution >= 4 is 5.78 Å². The molecule has 0 radical (unpaired) electrons. The minimum atomic E-state index is -0.586. The maximum Gasteiger partial charge on any atom is 0.350 e. The average molecular weight is 250 g/mol. The molecule has 0 aromatic carbocycles. The van der Waals surface area contributed by atoms with Crippen molar-refractivity contribution in [1.82, 2.24) is 0 Å². The molecule has 0 N–H and O–H groups in total. The molecule has 1 aromatic heterocycles. The predicted molar refractivity (Wildman–Crippen MR) is 67.2 cm³/mol. The molecule has 1 aliphatic rings. The van der Waals surface area contributed by atoms with Gasteiger partial charge >= 0.3 is 5.63 Å². The molecule has 0 saturated heterocycles. The van der Waals surface area contributed by atoms with E-state index < -0.39 is 5.63 Å². The van der Waals surface area contributed by atoms with Crippen LogP contribution in [0.3, 0.4) is 0 Å². The summed E-state index contributed by atoms with van der Waals surface area (Å²) in [5.74, 6) is 0.987. The molecule has 4 nitrogen and oxygen atoms in total. The molecular weight excluding hydrogens is 232 g/mol. The van der Waals surface area contributed by atoms with E-state index in [1.807, 2.05) is 0 Å². The topological polar surface area (TPSA) is 56.5 Å². The number of ketones is 1. The summed E-state index contributed by atoms with van der Waals surface area (Å²) in [4.78, 5) is 23.6. The first kappa shape index (κ1) is 12.9. The molecular formula is C14H18O4. The van der Waals surface area contributed by atoms with Crippen molar-refractivity contribution in [3.63, 3.8) is 0 Å². The fourth-order valence-electron chi connectivity index (χ4n) is 2.38. The monoisotopic (exact) mass is 250 g/mol. The summed E-state index contributed by atoms with van der Waals surface area (Å²) in [7, 11) is 0. The summed E-state index contributed by atoms with van der Waals surface area (Å²) in [5.41, 5.74) is -0.517. The van der Waals surface area contributed by atoms with Gasteiger partial charge in [-0.3, -0.25) is 4.79 Å². The van der Waals surface area contributed by atoms with E-state index in [1.165, 1.54) is 0 Å². The number of carbonyl (C=O) groups excluding carboxylic acids is 1. The van der Waals surface area contributed by atoms with Crippen molar-refractivity contribution in [3.8, 4) is 5.75 Å². The van der Waals surface area contributed by atoms with E-state index in [-0.39, 0.29) is 23.9 Å². The van der Waals surface area contributed by atoms with E-state index in [4.69, 9.17) is 9.15 Å². The largest absolute Gasteiger partial charge is 0.489 e. The van der Waals surface area contributed by atoms with Gasteiger partial charge in [0.15, 0.2) is 5.78 Å². The van der Waals surface area contributed by atoms with Gasteiger partial charge in [-0.05, 0) is 19.3 Å². The lowest BCUT2D eigenvalue weighted by Crippen LogP contribution is -2.35. The summed E-state index contributed by atoms with van der Waals surface area (Å²) in [6.45, 7) is 5.85. The Kier molecular flexibility index (Phi) is 3.55. The lowest BCUT2D eigenvalue weighted by Gasteiger charge is -2.28. The van der Waals surface area contributed by atoms with Gasteiger partial charge in [0, 0.05) is 12.5 Å². The molecule has 0 fully saturated rings. The van der Waals surface area contributed by atoms with E-state index in [0.717, 1.165) is 12.8 Å². The Morgan fingerprint density at radius 2 is 2.17 bits per heavy atom. The number of aryl methyl sites for hydroxylation is 1. The lowest BCUT2D eigenvalue weighted by molar-refractivity contribution is 0.0727. The first-order chi connectivity index (χ1) is 8.52. The maximum absolute atomic E-state index is 12.0. The summed E-state index contributed by atoms with van der Waals surface area (Å²) in [6, 6.07) is 1.62. The van der Waals surface area contributed by atoms with Gasteiger partial charge in [-0.1, -0.05) is 20.3 Å². The van der Waals surface area contributed by atoms with Crippen molar-refractivity contribution in [2.45, 2.75) is 46.1 Å². The summed E-state index contributed by atoms with van der Waals surface area (Å²) in [6.07, 6.45) is 2.19. The Morgan fingerprint density at radius 3 is 2.83 bits per heavy atom. The molecule has 1 aliphatic heterocycles. The molecule has 1 aromatic rings. The Balaban J connectivity index is 2.34. The zero-order chi connectivity index (χ0) is 13.3. The minimum absolute atomic E-state index is 0.0700. The van der Waals surface area contributed by atoms with Gasteiger partial charge in [0.05, 0.1) is 0 Å². The molecule has 0 bridgehead atoms. The highest BCUT2D eigenvalue weighted by Crippen LogP contribution is 2.30. The molecule has 2 atom stereocenters. The zero-order valence-electron chi connectivity index (χ0n) is 11.0. The average Bonchev–Trinajstić information content (AvgIpc) is 2.27. The van der Waals surface area contributed by atoms with Gasteiger partial charge in [-0.2, -0.15) is 0 Å². The van der Waals surface area contributed by atoms with Crippen molar-refractivity contribution in [2.24, 2.45) is 5.92 Å². The van der Waals surface area contributed by atoms with Crippen LogP contribution in [-0.2, 0) is 0 Å². The molecule has 0 aliphatic carbocycles. The number of fused-ring (bicyclic) bond motifs is 1. The summed E-state index contributed by atoms with van der Waals surface area (Å²) in [5, 5.41) is 0. The van der Waals surface area contributed by atoms with E-state index >= 15 is 0 Å². The molecule has 2 rings (SSSR count). The van der Waals surface area contributed by atoms with Crippen LogP contribution in [0, 0.1) is 12.8 Å². The van der Waals surface area contributed by atoms with Gasteiger partial charge < -0.3 is 9.15 Å². The second kappa shape index (κ2) is 4.96. The molecule has 0 saturated carbocycles. The SMILES string of the molecule is CCCC(C)C1CC(=O)c2c(cc(C)oc2=O)O1. The third-order valence-corrected chi connectivity index (χ3v) is 3.36. The van der Waals surface area contributed by atoms with Crippen LogP contribution in [0.1, 0.15) is 49.2 Å². The van der Waals surface area contributed by atoms with E-state index in [1.54, 1.807) is 13.0 Å². The predicted octanol–water partition coefficient (Wildman–Crippen LogP) is 2.72. The highest BCUT2D eigenvalue weighted by molar-refractivity contribution is 5.99. The summed E-state index contributed by atoms with van der Waals surface area (Å²) >= 11 is 0. The zero-order valence-corrected chi connectivity index (χ0v) is 11.0. The number of ether oxygens (including phenoxy) is 1. The van der Waals surface area contributed by atoms with Crippen LogP contribution in [0.4, 0.5) is 0 Å². The second-order valence-corrected chi connectivity index (χ2v) is 4.93. The number of hydrogen-bond donors (Lipinski definition) is 0. The van der Waals surface area contributed by atoms with Crippen LogP contribution in [0.15, 0.2) is 15.3 Å². The highest BCUT2D eigenvalue weighted by atomic mass is 16.5. The molecule has 0 amide bonds. The van der Waals surface area contributed by atoms with E-state index in [0.29, 0.717) is 17.4 Å². The smallest absolute Gasteiger partial charge is 0.350 e. The molecule has 2 unspecified atom stereocenters. The second-order valence-electron chi connectivity index (χ2n) is 4.93.